The Balaban J connectivity index is 1.84. The van der Waals surface area contributed by atoms with Gasteiger partial charge in [0.15, 0.2) is 6.29 Å². The van der Waals surface area contributed by atoms with Crippen LogP contribution in [0.25, 0.3) is 0 Å². The molecule has 2 atom stereocenters. The number of carbonyl (C=O) groups is 2. The number of hydrogen-bond acceptors (Lipinski definition) is 5. The van der Waals surface area contributed by atoms with Gasteiger partial charge < -0.3 is 15.4 Å². The molecule has 1 aliphatic heterocycles. The lowest BCUT2D eigenvalue weighted by Crippen LogP contribution is -2.55. The predicted molar refractivity (Wildman–Crippen MR) is 88.3 cm³/mol. The summed E-state index contributed by atoms with van der Waals surface area (Å²) in [5.74, 6) is 1.08. The fourth-order valence-electron chi connectivity index (χ4n) is 2.87. The number of aromatic nitrogens is 2. The van der Waals surface area contributed by atoms with Crippen LogP contribution in [0, 0.1) is 5.92 Å². The van der Waals surface area contributed by atoms with Crippen molar-refractivity contribution >= 4 is 17.6 Å². The first-order chi connectivity index (χ1) is 11.5. The third kappa shape index (κ3) is 3.76. The van der Waals surface area contributed by atoms with Gasteiger partial charge in [0.2, 0.25) is 5.91 Å². The maximum absolute atomic E-state index is 12.1. The van der Waals surface area contributed by atoms with Gasteiger partial charge in [0.05, 0.1) is 5.69 Å². The van der Waals surface area contributed by atoms with E-state index in [-0.39, 0.29) is 24.5 Å². The standard InChI is InChI=1S/C16H25N5O3/c1-9(2)11-7-14(22)19-16(17-11)21-13(18-15(23)8-24-3)6-12(20-21)10-4-5-10/h6,9-11,16-17H,4-5,7-8H2,1-3H3,(H,18,23)(H,19,22). The van der Waals surface area contributed by atoms with Crippen molar-refractivity contribution in [3.05, 3.63) is 11.8 Å². The van der Waals surface area contributed by atoms with Gasteiger partial charge in [0.1, 0.15) is 12.4 Å². The average molecular weight is 335 g/mol. The third-order valence-corrected chi connectivity index (χ3v) is 4.42. The number of amides is 2. The van der Waals surface area contributed by atoms with Crippen molar-refractivity contribution in [2.24, 2.45) is 5.92 Å². The zero-order valence-corrected chi connectivity index (χ0v) is 14.3. The van der Waals surface area contributed by atoms with E-state index in [4.69, 9.17) is 4.74 Å². The highest BCUT2D eigenvalue weighted by molar-refractivity contribution is 5.91. The minimum absolute atomic E-state index is 0.0184. The predicted octanol–water partition coefficient (Wildman–Crippen LogP) is 0.936. The molecule has 1 saturated carbocycles. The van der Waals surface area contributed by atoms with Crippen LogP contribution in [0.2, 0.25) is 0 Å². The van der Waals surface area contributed by atoms with Crippen molar-refractivity contribution in [1.29, 1.82) is 0 Å². The number of nitrogens with zero attached hydrogens (tertiary/aromatic N) is 2. The minimum Gasteiger partial charge on any atom is -0.375 e. The molecule has 1 aromatic rings. The van der Waals surface area contributed by atoms with E-state index in [1.54, 1.807) is 4.68 Å². The molecule has 8 nitrogen and oxygen atoms in total. The molecule has 132 valence electrons. The molecule has 2 aliphatic rings. The Bertz CT molecular complexity index is 623. The Morgan fingerprint density at radius 2 is 2.25 bits per heavy atom. The Morgan fingerprint density at radius 3 is 2.88 bits per heavy atom. The number of carbonyl (C=O) groups excluding carboxylic acids is 2. The maximum atomic E-state index is 12.1. The molecule has 1 aliphatic carbocycles. The van der Waals surface area contributed by atoms with Gasteiger partial charge in [-0.15, -0.1) is 0 Å². The van der Waals surface area contributed by atoms with Gasteiger partial charge in [0.25, 0.3) is 5.91 Å². The summed E-state index contributed by atoms with van der Waals surface area (Å²) < 4.78 is 6.53. The fraction of sp³-hybridized carbons (Fsp3) is 0.688. The van der Waals surface area contributed by atoms with E-state index >= 15 is 0 Å². The number of rotatable bonds is 6. The number of methoxy groups -OCH3 is 1. The first-order valence-corrected chi connectivity index (χ1v) is 8.41. The summed E-state index contributed by atoms with van der Waals surface area (Å²) in [4.78, 5) is 23.9. The molecule has 24 heavy (non-hydrogen) atoms. The highest BCUT2D eigenvalue weighted by Crippen LogP contribution is 2.40. The molecule has 3 N–H and O–H groups in total. The number of ether oxygens (including phenoxy) is 1. The summed E-state index contributed by atoms with van der Waals surface area (Å²) in [6.45, 7) is 4.13. The van der Waals surface area contributed by atoms with E-state index in [1.807, 2.05) is 6.07 Å². The minimum atomic E-state index is -0.469. The van der Waals surface area contributed by atoms with Crippen LogP contribution in [-0.4, -0.2) is 41.4 Å². The van der Waals surface area contributed by atoms with Gasteiger partial charge in [-0.05, 0) is 18.8 Å². The van der Waals surface area contributed by atoms with E-state index < -0.39 is 6.29 Å². The van der Waals surface area contributed by atoms with E-state index in [1.165, 1.54) is 7.11 Å². The molecule has 0 spiro atoms. The first kappa shape index (κ1) is 16.9. The van der Waals surface area contributed by atoms with Crippen LogP contribution in [0.4, 0.5) is 5.82 Å². The third-order valence-electron chi connectivity index (χ3n) is 4.42. The molecule has 3 rings (SSSR count). The van der Waals surface area contributed by atoms with Crippen molar-refractivity contribution < 1.29 is 14.3 Å². The average Bonchev–Trinajstić information content (AvgIpc) is 3.28. The molecule has 2 heterocycles. The van der Waals surface area contributed by atoms with Crippen LogP contribution in [0.15, 0.2) is 6.07 Å². The quantitative estimate of drug-likeness (QED) is 0.719. The molecular formula is C16H25N5O3. The normalized spacial score (nSPS) is 24.1. The molecule has 2 unspecified atom stereocenters. The van der Waals surface area contributed by atoms with Gasteiger partial charge in [-0.25, -0.2) is 4.68 Å². The second-order valence-electron chi connectivity index (χ2n) is 6.85. The molecular weight excluding hydrogens is 310 g/mol. The van der Waals surface area contributed by atoms with E-state index in [0.29, 0.717) is 24.1 Å². The van der Waals surface area contributed by atoms with Gasteiger partial charge in [-0.3, -0.25) is 14.9 Å². The van der Waals surface area contributed by atoms with E-state index in [9.17, 15) is 9.59 Å². The molecule has 8 heteroatoms. The van der Waals surface area contributed by atoms with Crippen LogP contribution >= 0.6 is 0 Å². The first-order valence-electron chi connectivity index (χ1n) is 8.41. The molecule has 1 aromatic heterocycles. The zero-order valence-electron chi connectivity index (χ0n) is 14.3. The van der Waals surface area contributed by atoms with E-state index in [2.05, 4.69) is 34.9 Å². The lowest BCUT2D eigenvalue weighted by atomic mass is 9.99. The van der Waals surface area contributed by atoms with Gasteiger partial charge in [-0.1, -0.05) is 13.8 Å². The van der Waals surface area contributed by atoms with Crippen LogP contribution in [0.5, 0.6) is 0 Å². The van der Waals surface area contributed by atoms with Gasteiger partial charge >= 0.3 is 0 Å². The van der Waals surface area contributed by atoms with E-state index in [0.717, 1.165) is 18.5 Å². The lowest BCUT2D eigenvalue weighted by Gasteiger charge is -2.34. The van der Waals surface area contributed by atoms with Crippen molar-refractivity contribution in [3.63, 3.8) is 0 Å². The number of nitrogens with one attached hydrogen (secondary N) is 3. The van der Waals surface area contributed by atoms with Gasteiger partial charge in [0, 0.05) is 31.6 Å². The summed E-state index contributed by atoms with van der Waals surface area (Å²) in [7, 11) is 1.47. The molecule has 2 amide bonds. The monoisotopic (exact) mass is 335 g/mol. The Labute approximate surface area is 141 Å². The smallest absolute Gasteiger partial charge is 0.251 e. The highest BCUT2D eigenvalue weighted by Gasteiger charge is 2.33. The summed E-state index contributed by atoms with van der Waals surface area (Å²) in [5.41, 5.74) is 0.949. The molecule has 0 bridgehead atoms. The summed E-state index contributed by atoms with van der Waals surface area (Å²) >= 11 is 0. The van der Waals surface area contributed by atoms with Crippen LogP contribution in [0.1, 0.15) is 51.0 Å². The maximum Gasteiger partial charge on any atom is 0.251 e. The lowest BCUT2D eigenvalue weighted by molar-refractivity contribution is -0.126. The zero-order chi connectivity index (χ0) is 17.3. The second kappa shape index (κ2) is 6.90. The van der Waals surface area contributed by atoms with Crippen LogP contribution in [-0.2, 0) is 14.3 Å². The molecule has 0 aromatic carbocycles. The van der Waals surface area contributed by atoms with Crippen molar-refractivity contribution in [3.8, 4) is 0 Å². The van der Waals surface area contributed by atoms with Crippen molar-refractivity contribution in [2.45, 2.75) is 51.4 Å². The molecule has 2 fully saturated rings. The van der Waals surface area contributed by atoms with Gasteiger partial charge in [-0.2, -0.15) is 5.10 Å². The second-order valence-corrected chi connectivity index (χ2v) is 6.85. The SMILES string of the molecule is COCC(=O)Nc1cc(C2CC2)nn1C1NC(=O)CC(C(C)C)N1. The van der Waals surface area contributed by atoms with Crippen LogP contribution < -0.4 is 16.0 Å². The molecule has 1 saturated heterocycles. The summed E-state index contributed by atoms with van der Waals surface area (Å²) in [5, 5.41) is 13.7. The topological polar surface area (TPSA) is 97.3 Å². The fourth-order valence-corrected chi connectivity index (χ4v) is 2.87. The van der Waals surface area contributed by atoms with Crippen LogP contribution in [0.3, 0.4) is 0 Å². The Kier molecular flexibility index (Phi) is 4.86. The van der Waals surface area contributed by atoms with Crippen molar-refractivity contribution in [1.82, 2.24) is 20.4 Å². The number of hydrogen-bond donors (Lipinski definition) is 3. The Morgan fingerprint density at radius 1 is 1.50 bits per heavy atom. The summed E-state index contributed by atoms with van der Waals surface area (Å²) in [6.07, 6.45) is 2.20. The highest BCUT2D eigenvalue weighted by atomic mass is 16.5. The number of anilines is 1. The molecule has 0 radical (unpaired) electrons. The summed E-state index contributed by atoms with van der Waals surface area (Å²) in [6, 6.07) is 1.96. The van der Waals surface area contributed by atoms with Crippen molar-refractivity contribution in [2.75, 3.05) is 19.0 Å². The largest absolute Gasteiger partial charge is 0.375 e. The Hall–Kier alpha value is -1.93.